The highest BCUT2D eigenvalue weighted by Crippen LogP contribution is 2.24. The van der Waals surface area contributed by atoms with Gasteiger partial charge in [-0.25, -0.2) is 4.79 Å². The number of phenolic OH excluding ortho intramolecular Hbond substituents is 1. The first-order valence-electron chi connectivity index (χ1n) is 7.60. The van der Waals surface area contributed by atoms with Gasteiger partial charge >= 0.3 is 5.97 Å². The van der Waals surface area contributed by atoms with E-state index in [0.717, 1.165) is 16.6 Å². The number of benzene rings is 2. The van der Waals surface area contributed by atoms with Crippen molar-refractivity contribution in [2.24, 2.45) is 0 Å². The molecule has 1 aromatic heterocycles. The van der Waals surface area contributed by atoms with Crippen molar-refractivity contribution in [2.75, 3.05) is 0 Å². The van der Waals surface area contributed by atoms with Crippen LogP contribution in [-0.2, 0) is 11.2 Å². The third kappa shape index (κ3) is 3.27. The van der Waals surface area contributed by atoms with Crippen LogP contribution in [0.25, 0.3) is 16.7 Å². The second kappa shape index (κ2) is 6.54. The molecule has 0 saturated carbocycles. The summed E-state index contributed by atoms with van der Waals surface area (Å²) in [5.41, 5.74) is 3.18. The van der Waals surface area contributed by atoms with Crippen LogP contribution >= 0.6 is 0 Å². The summed E-state index contributed by atoms with van der Waals surface area (Å²) in [6.07, 6.45) is 1.78. The van der Waals surface area contributed by atoms with Gasteiger partial charge in [-0.15, -0.1) is 15.0 Å². The lowest BCUT2D eigenvalue weighted by Gasteiger charge is -2.07. The van der Waals surface area contributed by atoms with E-state index in [0.29, 0.717) is 24.9 Å². The number of hydrogen-bond acceptors (Lipinski definition) is 4. The molecule has 3 rings (SSSR count). The van der Waals surface area contributed by atoms with Gasteiger partial charge in [0.1, 0.15) is 22.5 Å². The molecule has 0 fully saturated rings. The Balaban J connectivity index is 1.81. The van der Waals surface area contributed by atoms with Gasteiger partial charge < -0.3 is 10.2 Å². The fourth-order valence-corrected chi connectivity index (χ4v) is 2.47. The summed E-state index contributed by atoms with van der Waals surface area (Å²) in [5, 5.41) is 27.7. The molecular weight excluding hydrogens is 306 g/mol. The van der Waals surface area contributed by atoms with Gasteiger partial charge in [-0.2, -0.15) is 0 Å². The largest absolute Gasteiger partial charge is 0.506 e. The second-order valence-corrected chi connectivity index (χ2v) is 5.56. The number of hydrogen-bond donors (Lipinski definition) is 2. The van der Waals surface area contributed by atoms with Gasteiger partial charge in [-0.05, 0) is 49.1 Å². The average Bonchev–Trinajstić information content (AvgIpc) is 3.00. The summed E-state index contributed by atoms with van der Waals surface area (Å²) >= 11 is 0. The molecule has 6 heteroatoms. The van der Waals surface area contributed by atoms with Gasteiger partial charge in [-0.1, -0.05) is 24.8 Å². The zero-order valence-corrected chi connectivity index (χ0v) is 13.0. The van der Waals surface area contributed by atoms with Crippen molar-refractivity contribution >= 4 is 17.0 Å². The number of aromatic nitrogens is 3. The Bertz CT molecular complexity index is 882. The predicted molar refractivity (Wildman–Crippen MR) is 90.2 cm³/mol. The van der Waals surface area contributed by atoms with Crippen LogP contribution < -0.4 is 0 Å². The molecule has 0 spiro atoms. The van der Waals surface area contributed by atoms with E-state index >= 15 is 0 Å². The number of nitrogens with zero attached hydrogens (tertiary/aromatic N) is 3. The van der Waals surface area contributed by atoms with Gasteiger partial charge in [0, 0.05) is 5.57 Å². The number of carbonyl (C=O) groups is 1. The lowest BCUT2D eigenvalue weighted by atomic mass is 10.0. The highest BCUT2D eigenvalue weighted by atomic mass is 16.4. The molecule has 0 aliphatic carbocycles. The SMILES string of the molecule is C=C(CCCc1ccc(O)c(-n2nc3ccccc3n2)c1)C(=O)O. The molecule has 24 heavy (non-hydrogen) atoms. The third-order valence-corrected chi connectivity index (χ3v) is 3.79. The highest BCUT2D eigenvalue weighted by Gasteiger charge is 2.10. The van der Waals surface area contributed by atoms with Crippen LogP contribution in [0.5, 0.6) is 5.75 Å². The number of carboxylic acids is 1. The number of aromatic hydroxyl groups is 1. The van der Waals surface area contributed by atoms with Crippen LogP contribution in [-0.4, -0.2) is 31.2 Å². The Kier molecular flexibility index (Phi) is 4.29. The Labute approximate surface area is 138 Å². The molecule has 2 N–H and O–H groups in total. The standard InChI is InChI=1S/C18H17N3O3/c1-12(18(23)24)5-4-6-13-9-10-17(22)16(11-13)21-19-14-7-2-3-8-15(14)20-21/h2-3,7-11,22H,1,4-6H2,(H,23,24). The number of aryl methyl sites for hydroxylation is 1. The Morgan fingerprint density at radius 3 is 2.42 bits per heavy atom. The number of fused-ring (bicyclic) bond motifs is 1. The molecule has 6 nitrogen and oxygen atoms in total. The van der Waals surface area contributed by atoms with E-state index in [4.69, 9.17) is 5.11 Å². The van der Waals surface area contributed by atoms with E-state index in [2.05, 4.69) is 16.8 Å². The van der Waals surface area contributed by atoms with Gasteiger partial charge in [0.25, 0.3) is 0 Å². The minimum absolute atomic E-state index is 0.0917. The fourth-order valence-electron chi connectivity index (χ4n) is 2.47. The summed E-state index contributed by atoms with van der Waals surface area (Å²) in [5.74, 6) is -0.872. The Hall–Kier alpha value is -3.15. The molecule has 0 amide bonds. The monoisotopic (exact) mass is 323 g/mol. The van der Waals surface area contributed by atoms with E-state index in [-0.39, 0.29) is 11.3 Å². The lowest BCUT2D eigenvalue weighted by Crippen LogP contribution is -2.01. The maximum atomic E-state index is 10.8. The van der Waals surface area contributed by atoms with Crippen molar-refractivity contribution in [3.05, 3.63) is 60.2 Å². The maximum absolute atomic E-state index is 10.8. The highest BCUT2D eigenvalue weighted by molar-refractivity contribution is 5.85. The maximum Gasteiger partial charge on any atom is 0.330 e. The van der Waals surface area contributed by atoms with E-state index in [1.54, 1.807) is 6.07 Å². The molecule has 0 radical (unpaired) electrons. The van der Waals surface area contributed by atoms with Crippen LogP contribution in [0.1, 0.15) is 18.4 Å². The van der Waals surface area contributed by atoms with Crippen LogP contribution in [0, 0.1) is 0 Å². The van der Waals surface area contributed by atoms with E-state index in [9.17, 15) is 9.90 Å². The zero-order valence-electron chi connectivity index (χ0n) is 13.0. The minimum Gasteiger partial charge on any atom is -0.506 e. The van der Waals surface area contributed by atoms with Crippen molar-refractivity contribution in [2.45, 2.75) is 19.3 Å². The molecule has 3 aromatic rings. The zero-order chi connectivity index (χ0) is 17.1. The second-order valence-electron chi connectivity index (χ2n) is 5.56. The van der Waals surface area contributed by atoms with Crippen LogP contribution in [0.3, 0.4) is 0 Å². The molecule has 122 valence electrons. The summed E-state index contributed by atoms with van der Waals surface area (Å²) in [7, 11) is 0. The molecule has 0 unspecified atom stereocenters. The molecule has 0 saturated heterocycles. The minimum atomic E-state index is -0.964. The Morgan fingerprint density at radius 2 is 1.79 bits per heavy atom. The normalized spacial score (nSPS) is 10.8. The number of phenols is 1. The molecular formula is C18H17N3O3. The van der Waals surface area contributed by atoms with E-state index < -0.39 is 5.97 Å². The van der Waals surface area contributed by atoms with Crippen molar-refractivity contribution in [3.63, 3.8) is 0 Å². The molecule has 1 heterocycles. The van der Waals surface area contributed by atoms with Crippen LogP contribution in [0.4, 0.5) is 0 Å². The number of rotatable bonds is 6. The van der Waals surface area contributed by atoms with Crippen molar-refractivity contribution < 1.29 is 15.0 Å². The summed E-state index contributed by atoms with van der Waals surface area (Å²) in [6, 6.07) is 12.7. The lowest BCUT2D eigenvalue weighted by molar-refractivity contribution is -0.132. The Morgan fingerprint density at radius 1 is 1.12 bits per heavy atom. The van der Waals surface area contributed by atoms with Gasteiger partial charge in [0.05, 0.1) is 0 Å². The quantitative estimate of drug-likeness (QED) is 0.681. The first-order valence-corrected chi connectivity index (χ1v) is 7.60. The van der Waals surface area contributed by atoms with E-state index in [1.807, 2.05) is 36.4 Å². The van der Waals surface area contributed by atoms with Crippen molar-refractivity contribution in [1.29, 1.82) is 0 Å². The number of carboxylic acid groups (broad SMARTS) is 1. The third-order valence-electron chi connectivity index (χ3n) is 3.79. The summed E-state index contributed by atoms with van der Waals surface area (Å²) in [4.78, 5) is 12.2. The predicted octanol–water partition coefficient (Wildman–Crippen LogP) is 3.09. The first kappa shape index (κ1) is 15.7. The van der Waals surface area contributed by atoms with Gasteiger partial charge in [0.15, 0.2) is 0 Å². The van der Waals surface area contributed by atoms with Crippen LogP contribution in [0.2, 0.25) is 0 Å². The molecule has 0 bridgehead atoms. The van der Waals surface area contributed by atoms with Crippen LogP contribution in [0.15, 0.2) is 54.6 Å². The molecule has 2 aromatic carbocycles. The number of aliphatic carboxylic acids is 1. The summed E-state index contributed by atoms with van der Waals surface area (Å²) in [6.45, 7) is 3.53. The van der Waals surface area contributed by atoms with Crippen molar-refractivity contribution in [1.82, 2.24) is 15.0 Å². The van der Waals surface area contributed by atoms with E-state index in [1.165, 1.54) is 4.80 Å². The average molecular weight is 323 g/mol. The smallest absolute Gasteiger partial charge is 0.330 e. The molecule has 0 aliphatic heterocycles. The summed E-state index contributed by atoms with van der Waals surface area (Å²) < 4.78 is 0. The van der Waals surface area contributed by atoms with Gasteiger partial charge in [-0.3, -0.25) is 0 Å². The first-order chi connectivity index (χ1) is 11.5. The van der Waals surface area contributed by atoms with Crippen molar-refractivity contribution in [3.8, 4) is 11.4 Å². The molecule has 0 aliphatic rings. The topological polar surface area (TPSA) is 88.2 Å². The fraction of sp³-hybridized carbons (Fsp3) is 0.167. The van der Waals surface area contributed by atoms with Gasteiger partial charge in [0.2, 0.25) is 0 Å². The molecule has 0 atom stereocenters.